The van der Waals surface area contributed by atoms with Crippen LogP contribution in [0, 0.1) is 56.5 Å². The van der Waals surface area contributed by atoms with Crippen molar-refractivity contribution in [2.45, 2.75) is 110 Å². The van der Waals surface area contributed by atoms with Crippen molar-refractivity contribution in [2.75, 3.05) is 20.3 Å². The lowest BCUT2D eigenvalue weighted by Crippen LogP contribution is -2.58. The minimum Gasteiger partial charge on any atom is -0.493 e. The molecule has 0 radical (unpaired) electrons. The van der Waals surface area contributed by atoms with Crippen molar-refractivity contribution in [3.63, 3.8) is 0 Å². The third-order valence-electron chi connectivity index (χ3n) is 13.0. The van der Waals surface area contributed by atoms with Gasteiger partial charge in [-0.25, -0.2) is 4.79 Å². The first-order chi connectivity index (χ1) is 23.4. The maximum Gasteiger partial charge on any atom is 0.330 e. The van der Waals surface area contributed by atoms with Crippen molar-refractivity contribution >= 4 is 18.0 Å². The second kappa shape index (κ2) is 15.8. The molecule has 2 N–H and O–H groups in total. The average Bonchev–Trinajstić information content (AvgIpc) is 3.42. The van der Waals surface area contributed by atoms with E-state index in [0.717, 1.165) is 57.8 Å². The largest absolute Gasteiger partial charge is 0.493 e. The van der Waals surface area contributed by atoms with Gasteiger partial charge in [0.05, 0.1) is 32.5 Å². The Morgan fingerprint density at radius 3 is 2.51 bits per heavy atom. The summed E-state index contributed by atoms with van der Waals surface area (Å²) in [4.78, 5) is 39.4. The highest BCUT2D eigenvalue weighted by Crippen LogP contribution is 2.68. The van der Waals surface area contributed by atoms with Crippen molar-refractivity contribution < 1.29 is 43.9 Å². The second-order valence-corrected chi connectivity index (χ2v) is 15.6. The van der Waals surface area contributed by atoms with Gasteiger partial charge in [-0.05, 0) is 141 Å². The number of aliphatic hydroxyl groups excluding tert-OH is 2. The van der Waals surface area contributed by atoms with E-state index in [1.165, 1.54) is 13.2 Å². The second-order valence-electron chi connectivity index (χ2n) is 15.6. The van der Waals surface area contributed by atoms with Crippen LogP contribution in [0.5, 0.6) is 11.5 Å². The highest BCUT2D eigenvalue weighted by atomic mass is 16.9. The van der Waals surface area contributed by atoms with Crippen molar-refractivity contribution in [3.8, 4) is 11.5 Å². The van der Waals surface area contributed by atoms with Gasteiger partial charge in [0, 0.05) is 12.5 Å². The lowest BCUT2D eigenvalue weighted by molar-refractivity contribution is -0.757. The molecule has 272 valence electrons. The first-order valence-corrected chi connectivity index (χ1v) is 18.2. The predicted octanol–water partition coefficient (Wildman–Crippen LogP) is 6.55. The summed E-state index contributed by atoms with van der Waals surface area (Å²) < 4.78 is 16.3. The number of nitrogens with zero attached hydrogens (tertiary/aromatic N) is 1. The summed E-state index contributed by atoms with van der Waals surface area (Å²) in [6, 6.07) is 5.05. The Morgan fingerprint density at radius 1 is 1.02 bits per heavy atom. The molecule has 1 aromatic carbocycles. The van der Waals surface area contributed by atoms with E-state index in [4.69, 9.17) is 14.2 Å². The lowest BCUT2D eigenvalue weighted by atomic mass is 9.43. The van der Waals surface area contributed by atoms with Gasteiger partial charge in [-0.1, -0.05) is 26.8 Å². The van der Waals surface area contributed by atoms with Gasteiger partial charge in [-0.2, -0.15) is 0 Å². The Kier molecular flexibility index (Phi) is 12.0. The van der Waals surface area contributed by atoms with Crippen LogP contribution >= 0.6 is 0 Å². The Labute approximate surface area is 289 Å². The molecular weight excluding hydrogens is 630 g/mol. The number of fused-ring (bicyclic) bond motifs is 5. The molecule has 0 spiro atoms. The molecule has 0 aromatic heterocycles. The molecule has 0 heterocycles. The number of ether oxygens (including phenoxy) is 3. The fourth-order valence-corrected chi connectivity index (χ4v) is 10.5. The van der Waals surface area contributed by atoms with Crippen LogP contribution in [0.2, 0.25) is 0 Å². The smallest absolute Gasteiger partial charge is 0.330 e. The normalized spacial score (nSPS) is 34.3. The summed E-state index contributed by atoms with van der Waals surface area (Å²) in [6.45, 7) is 7.24. The third-order valence-corrected chi connectivity index (χ3v) is 13.0. The van der Waals surface area contributed by atoms with E-state index in [2.05, 4.69) is 25.6 Å². The molecule has 0 amide bonds. The number of methoxy groups -OCH3 is 1. The average molecular weight is 686 g/mol. The van der Waals surface area contributed by atoms with E-state index in [1.54, 1.807) is 24.3 Å². The Hall–Kier alpha value is -3.18. The van der Waals surface area contributed by atoms with Gasteiger partial charge in [0.15, 0.2) is 11.5 Å². The van der Waals surface area contributed by atoms with Crippen molar-refractivity contribution in [2.24, 2.45) is 46.3 Å². The summed E-state index contributed by atoms with van der Waals surface area (Å²) in [5, 5.41) is 31.2. The third kappa shape index (κ3) is 8.25. The van der Waals surface area contributed by atoms with E-state index in [-0.39, 0.29) is 42.2 Å². The number of benzene rings is 1. The first-order valence-electron chi connectivity index (χ1n) is 18.2. The van der Waals surface area contributed by atoms with Crippen LogP contribution < -0.4 is 9.47 Å². The minimum atomic E-state index is -0.853. The topological polar surface area (TPSA) is 155 Å². The molecule has 5 rings (SSSR count). The molecule has 0 saturated heterocycles. The van der Waals surface area contributed by atoms with E-state index in [9.17, 15) is 29.9 Å². The zero-order valence-corrected chi connectivity index (χ0v) is 29.5. The van der Waals surface area contributed by atoms with Crippen molar-refractivity contribution in [3.05, 3.63) is 40.0 Å². The summed E-state index contributed by atoms with van der Waals surface area (Å²) >= 11 is 0. The molecule has 4 aliphatic rings. The fraction of sp³-hybridized carbons (Fsp3) is 0.737. The molecule has 0 aliphatic heterocycles. The Balaban J connectivity index is 1.11. The molecule has 10 atom stereocenters. The summed E-state index contributed by atoms with van der Waals surface area (Å²) in [5.41, 5.74) is 1.02. The Bertz CT molecular complexity index is 1370. The van der Waals surface area contributed by atoms with Crippen LogP contribution in [0.1, 0.15) is 103 Å². The standard InChI is InChI=1S/C38H55NO10/c1-24(28-10-11-29-36-30(16-18-38(28,29)3)37(2)17-15-27(40)22-26(37)23-31(36)41)7-13-35(43)49-32-12-8-25(21-33(32)46-4)9-14-34(42)47-19-5-6-20-48-39(44)45/h8-9,12,14,21,24,26-31,36,40-41H,5-7,10-11,13,15-20,22-23H2,1-4H3/b14-9+/t24-,26-,27+,28+,29-,30+,31-,36-,37-,38+/m0/s1. The molecule has 11 nitrogen and oxygen atoms in total. The predicted molar refractivity (Wildman–Crippen MR) is 182 cm³/mol. The monoisotopic (exact) mass is 685 g/mol. The number of carbonyl (C=O) groups is 2. The van der Waals surface area contributed by atoms with Crippen LogP contribution in [0.4, 0.5) is 0 Å². The highest BCUT2D eigenvalue weighted by molar-refractivity contribution is 5.87. The number of aliphatic hydroxyl groups is 2. The number of carbonyl (C=O) groups excluding carboxylic acids is 2. The molecule has 4 saturated carbocycles. The van der Waals surface area contributed by atoms with E-state index >= 15 is 0 Å². The van der Waals surface area contributed by atoms with Gasteiger partial charge in [0.1, 0.15) is 0 Å². The van der Waals surface area contributed by atoms with Crippen molar-refractivity contribution in [1.82, 2.24) is 0 Å². The first kappa shape index (κ1) is 37.1. The molecule has 49 heavy (non-hydrogen) atoms. The highest BCUT2D eigenvalue weighted by Gasteiger charge is 2.62. The molecule has 4 aliphatic carbocycles. The van der Waals surface area contributed by atoms with Crippen LogP contribution in [0.3, 0.4) is 0 Å². The van der Waals surface area contributed by atoms with E-state index in [1.807, 2.05) is 0 Å². The minimum absolute atomic E-state index is 0.0447. The van der Waals surface area contributed by atoms with Crippen LogP contribution in [0.25, 0.3) is 6.08 Å². The fourth-order valence-electron chi connectivity index (χ4n) is 10.5. The SMILES string of the molecule is COc1cc(/C=C/C(=O)OCCCCO[N+](=O)[O-])ccc1OC(=O)CC[C@H](C)[C@H]1CC[C@H]2[C@H]3[C@@H](CC[C@]12C)[C@@]1(C)CC[C@@H](O)C[C@H]1C[C@@H]3O. The molecular formula is C38H55NO10. The van der Waals surface area contributed by atoms with Crippen LogP contribution in [-0.2, 0) is 19.2 Å². The number of unbranched alkanes of at least 4 members (excludes halogenated alkanes) is 1. The quantitative estimate of drug-likeness (QED) is 0.0550. The number of rotatable bonds is 14. The number of hydrogen-bond donors (Lipinski definition) is 2. The zero-order chi connectivity index (χ0) is 35.3. The van der Waals surface area contributed by atoms with Crippen LogP contribution in [-0.4, -0.2) is 59.8 Å². The van der Waals surface area contributed by atoms with Crippen molar-refractivity contribution in [1.29, 1.82) is 0 Å². The van der Waals surface area contributed by atoms with E-state index < -0.39 is 11.1 Å². The summed E-state index contributed by atoms with van der Waals surface area (Å²) in [6.07, 6.45) is 12.3. The van der Waals surface area contributed by atoms with Gasteiger partial charge < -0.3 is 29.3 Å². The summed E-state index contributed by atoms with van der Waals surface area (Å²) in [5.74, 6) is 2.41. The van der Waals surface area contributed by atoms with Gasteiger partial charge >= 0.3 is 11.9 Å². The number of hydrogen-bond acceptors (Lipinski definition) is 10. The van der Waals surface area contributed by atoms with Gasteiger partial charge in [0.25, 0.3) is 5.09 Å². The molecule has 0 bridgehead atoms. The van der Waals surface area contributed by atoms with E-state index in [0.29, 0.717) is 71.8 Å². The molecule has 1 aromatic rings. The maximum atomic E-state index is 13.0. The molecule has 0 unspecified atom stereocenters. The zero-order valence-electron chi connectivity index (χ0n) is 29.5. The lowest BCUT2D eigenvalue weighted by Gasteiger charge is -2.62. The Morgan fingerprint density at radius 2 is 1.76 bits per heavy atom. The van der Waals surface area contributed by atoms with Gasteiger partial charge in [-0.3, -0.25) is 4.79 Å². The van der Waals surface area contributed by atoms with Gasteiger partial charge in [-0.15, -0.1) is 10.1 Å². The number of esters is 2. The molecule has 11 heteroatoms. The molecule has 4 fully saturated rings. The van der Waals surface area contributed by atoms with Crippen LogP contribution in [0.15, 0.2) is 24.3 Å². The maximum absolute atomic E-state index is 13.0. The van der Waals surface area contributed by atoms with Gasteiger partial charge in [0.2, 0.25) is 0 Å². The summed E-state index contributed by atoms with van der Waals surface area (Å²) in [7, 11) is 1.49.